The molecule has 0 aliphatic rings. The molecule has 6 nitrogen and oxygen atoms in total. The van der Waals surface area contributed by atoms with Crippen LogP contribution in [0.25, 0.3) is 11.3 Å². The van der Waals surface area contributed by atoms with Crippen molar-refractivity contribution in [2.45, 2.75) is 6.92 Å². The predicted octanol–water partition coefficient (Wildman–Crippen LogP) is 1.23. The molecule has 0 atom stereocenters. The molecule has 3 N–H and O–H groups in total. The lowest BCUT2D eigenvalue weighted by Crippen LogP contribution is -2.04. The van der Waals surface area contributed by atoms with Crippen molar-refractivity contribution >= 4 is 11.8 Å². The molecule has 0 saturated heterocycles. The highest BCUT2D eigenvalue weighted by molar-refractivity contribution is 5.88. The SMILES string of the molecule is CCOC(=O)c1cc(-c2ccc(N)nc2)[nH]n1. The van der Waals surface area contributed by atoms with Gasteiger partial charge in [-0.1, -0.05) is 0 Å². The number of carbonyl (C=O) groups excluding carboxylic acids is 1. The van der Waals surface area contributed by atoms with Crippen LogP contribution in [0.1, 0.15) is 17.4 Å². The first kappa shape index (κ1) is 11.1. The molecule has 0 spiro atoms. The van der Waals surface area contributed by atoms with Crippen LogP contribution in [0.3, 0.4) is 0 Å². The summed E-state index contributed by atoms with van der Waals surface area (Å²) in [6.45, 7) is 2.07. The van der Waals surface area contributed by atoms with Crippen molar-refractivity contribution in [1.29, 1.82) is 0 Å². The molecule has 0 unspecified atom stereocenters. The van der Waals surface area contributed by atoms with Crippen LogP contribution in [-0.4, -0.2) is 27.8 Å². The summed E-state index contributed by atoms with van der Waals surface area (Å²) in [5.41, 5.74) is 7.24. The standard InChI is InChI=1S/C11H12N4O2/c1-2-17-11(16)9-5-8(14-15-9)7-3-4-10(12)13-6-7/h3-6H,2H2,1H3,(H2,12,13)(H,14,15). The molecule has 17 heavy (non-hydrogen) atoms. The average Bonchev–Trinajstić information content (AvgIpc) is 2.80. The number of hydrogen-bond donors (Lipinski definition) is 2. The number of pyridine rings is 1. The number of esters is 1. The third kappa shape index (κ3) is 2.41. The number of nitrogens with two attached hydrogens (primary N) is 1. The van der Waals surface area contributed by atoms with Crippen molar-refractivity contribution in [1.82, 2.24) is 15.2 Å². The van der Waals surface area contributed by atoms with Gasteiger partial charge in [0, 0.05) is 11.8 Å². The Balaban J connectivity index is 2.23. The summed E-state index contributed by atoms with van der Waals surface area (Å²) >= 11 is 0. The van der Waals surface area contributed by atoms with Gasteiger partial charge in [0.15, 0.2) is 5.69 Å². The second-order valence-corrected chi connectivity index (χ2v) is 3.36. The third-order valence-corrected chi connectivity index (χ3v) is 2.16. The first-order valence-corrected chi connectivity index (χ1v) is 5.15. The first-order chi connectivity index (χ1) is 8.20. The molecule has 0 saturated carbocycles. The Labute approximate surface area is 97.8 Å². The van der Waals surface area contributed by atoms with E-state index in [1.165, 1.54) is 0 Å². The Bertz CT molecular complexity index is 519. The number of rotatable bonds is 3. The van der Waals surface area contributed by atoms with Gasteiger partial charge in [-0.2, -0.15) is 5.10 Å². The van der Waals surface area contributed by atoms with E-state index in [-0.39, 0.29) is 5.69 Å². The average molecular weight is 232 g/mol. The molecule has 0 fully saturated rings. The zero-order chi connectivity index (χ0) is 12.3. The number of aromatic amines is 1. The molecule has 0 aliphatic heterocycles. The zero-order valence-corrected chi connectivity index (χ0v) is 9.30. The van der Waals surface area contributed by atoms with Gasteiger partial charge in [-0.25, -0.2) is 9.78 Å². The van der Waals surface area contributed by atoms with Gasteiger partial charge in [0.2, 0.25) is 0 Å². The second kappa shape index (κ2) is 4.65. The largest absolute Gasteiger partial charge is 0.461 e. The summed E-state index contributed by atoms with van der Waals surface area (Å²) in [7, 11) is 0. The lowest BCUT2D eigenvalue weighted by Gasteiger charge is -1.96. The molecule has 0 radical (unpaired) electrons. The lowest BCUT2D eigenvalue weighted by atomic mass is 10.2. The Morgan fingerprint density at radius 1 is 1.53 bits per heavy atom. The quantitative estimate of drug-likeness (QED) is 0.776. The van der Waals surface area contributed by atoms with Crippen LogP contribution in [-0.2, 0) is 4.74 Å². The Kier molecular flexibility index (Phi) is 3.04. The number of H-pyrrole nitrogens is 1. The van der Waals surface area contributed by atoms with Crippen molar-refractivity contribution < 1.29 is 9.53 Å². The van der Waals surface area contributed by atoms with Gasteiger partial charge in [0.25, 0.3) is 0 Å². The molecule has 88 valence electrons. The van der Waals surface area contributed by atoms with Gasteiger partial charge in [-0.05, 0) is 25.1 Å². The predicted molar refractivity (Wildman–Crippen MR) is 62.2 cm³/mol. The topological polar surface area (TPSA) is 93.9 Å². The summed E-state index contributed by atoms with van der Waals surface area (Å²) in [6, 6.07) is 5.09. The summed E-state index contributed by atoms with van der Waals surface area (Å²) in [6.07, 6.45) is 1.61. The van der Waals surface area contributed by atoms with Gasteiger partial charge in [-0.3, -0.25) is 5.10 Å². The van der Waals surface area contributed by atoms with Crippen LogP contribution < -0.4 is 5.73 Å². The van der Waals surface area contributed by atoms with Gasteiger partial charge in [0.05, 0.1) is 12.3 Å². The highest BCUT2D eigenvalue weighted by Crippen LogP contribution is 2.17. The normalized spacial score (nSPS) is 10.2. The molecule has 2 rings (SSSR count). The number of nitrogens with one attached hydrogen (secondary N) is 1. The highest BCUT2D eigenvalue weighted by atomic mass is 16.5. The molecule has 0 aromatic carbocycles. The minimum atomic E-state index is -0.446. The molecule has 0 aliphatic carbocycles. The zero-order valence-electron chi connectivity index (χ0n) is 9.30. The number of nitrogens with zero attached hydrogens (tertiary/aromatic N) is 2. The number of hydrogen-bond acceptors (Lipinski definition) is 5. The van der Waals surface area contributed by atoms with E-state index < -0.39 is 5.97 Å². The fourth-order valence-electron chi connectivity index (χ4n) is 1.34. The monoisotopic (exact) mass is 232 g/mol. The maximum absolute atomic E-state index is 11.4. The van der Waals surface area contributed by atoms with E-state index in [4.69, 9.17) is 10.5 Å². The smallest absolute Gasteiger partial charge is 0.358 e. The van der Waals surface area contributed by atoms with Crippen LogP contribution in [0.2, 0.25) is 0 Å². The maximum atomic E-state index is 11.4. The Hall–Kier alpha value is -2.37. The molecule has 0 amide bonds. The first-order valence-electron chi connectivity index (χ1n) is 5.15. The summed E-state index contributed by atoms with van der Waals surface area (Å²) in [4.78, 5) is 15.4. The van der Waals surface area contributed by atoms with E-state index in [0.717, 1.165) is 5.56 Å². The van der Waals surface area contributed by atoms with E-state index in [1.54, 1.807) is 31.3 Å². The molecule has 2 aromatic heterocycles. The van der Waals surface area contributed by atoms with Crippen molar-refractivity contribution in [2.24, 2.45) is 0 Å². The molecule has 2 aromatic rings. The van der Waals surface area contributed by atoms with E-state index in [2.05, 4.69) is 15.2 Å². The molecular formula is C11H12N4O2. The van der Waals surface area contributed by atoms with Crippen molar-refractivity contribution in [3.8, 4) is 11.3 Å². The van der Waals surface area contributed by atoms with Crippen LogP contribution in [0.5, 0.6) is 0 Å². The van der Waals surface area contributed by atoms with Crippen molar-refractivity contribution in [2.75, 3.05) is 12.3 Å². The van der Waals surface area contributed by atoms with E-state index >= 15 is 0 Å². The number of carbonyl (C=O) groups is 1. The van der Waals surface area contributed by atoms with E-state index in [9.17, 15) is 4.79 Å². The van der Waals surface area contributed by atoms with Gasteiger partial charge < -0.3 is 10.5 Å². The number of aromatic nitrogens is 3. The van der Waals surface area contributed by atoms with Crippen LogP contribution in [0.15, 0.2) is 24.4 Å². The van der Waals surface area contributed by atoms with Gasteiger partial charge in [-0.15, -0.1) is 0 Å². The number of ether oxygens (including phenoxy) is 1. The number of anilines is 1. The number of nitrogen functional groups attached to an aromatic ring is 1. The van der Waals surface area contributed by atoms with Crippen LogP contribution in [0.4, 0.5) is 5.82 Å². The maximum Gasteiger partial charge on any atom is 0.358 e. The highest BCUT2D eigenvalue weighted by Gasteiger charge is 2.12. The molecule has 0 bridgehead atoms. The summed E-state index contributed by atoms with van der Waals surface area (Å²) in [5, 5.41) is 6.62. The van der Waals surface area contributed by atoms with Crippen LogP contribution in [0, 0.1) is 0 Å². The summed E-state index contributed by atoms with van der Waals surface area (Å²) < 4.78 is 4.84. The second-order valence-electron chi connectivity index (χ2n) is 3.36. The molecule has 2 heterocycles. The third-order valence-electron chi connectivity index (χ3n) is 2.16. The molecule has 6 heteroatoms. The van der Waals surface area contributed by atoms with E-state index in [1.807, 2.05) is 0 Å². The lowest BCUT2D eigenvalue weighted by molar-refractivity contribution is 0.0519. The summed E-state index contributed by atoms with van der Waals surface area (Å²) in [5.74, 6) is -0.00251. The minimum absolute atomic E-state index is 0.249. The Morgan fingerprint density at radius 2 is 2.35 bits per heavy atom. The van der Waals surface area contributed by atoms with Gasteiger partial charge >= 0.3 is 5.97 Å². The van der Waals surface area contributed by atoms with Crippen molar-refractivity contribution in [3.63, 3.8) is 0 Å². The minimum Gasteiger partial charge on any atom is -0.461 e. The van der Waals surface area contributed by atoms with E-state index in [0.29, 0.717) is 18.1 Å². The Morgan fingerprint density at radius 3 is 3.00 bits per heavy atom. The molecular weight excluding hydrogens is 220 g/mol. The van der Waals surface area contributed by atoms with Crippen molar-refractivity contribution in [3.05, 3.63) is 30.1 Å². The fraction of sp³-hybridized carbons (Fsp3) is 0.182. The fourth-order valence-corrected chi connectivity index (χ4v) is 1.34. The van der Waals surface area contributed by atoms with Crippen LogP contribution >= 0.6 is 0 Å². The van der Waals surface area contributed by atoms with Gasteiger partial charge in [0.1, 0.15) is 5.82 Å².